The van der Waals surface area contributed by atoms with Gasteiger partial charge >= 0.3 is 0 Å². The van der Waals surface area contributed by atoms with E-state index >= 15 is 0 Å². The van der Waals surface area contributed by atoms with Crippen molar-refractivity contribution in [3.63, 3.8) is 0 Å². The van der Waals surface area contributed by atoms with Gasteiger partial charge in [-0.1, -0.05) is 0 Å². The molecule has 0 amide bonds. The first-order chi connectivity index (χ1) is 8.97. The van der Waals surface area contributed by atoms with Crippen molar-refractivity contribution in [2.24, 2.45) is 5.73 Å². The summed E-state index contributed by atoms with van der Waals surface area (Å²) in [7, 11) is -0.889. The summed E-state index contributed by atoms with van der Waals surface area (Å²) in [6.07, 6.45) is 4.23. The smallest absolute Gasteiger partial charge is 0.152 e. The van der Waals surface area contributed by atoms with E-state index < -0.39 is 9.84 Å². The van der Waals surface area contributed by atoms with Gasteiger partial charge in [0.2, 0.25) is 0 Å². The molecule has 1 atom stereocenters. The van der Waals surface area contributed by atoms with E-state index in [1.807, 2.05) is 7.05 Å². The van der Waals surface area contributed by atoms with Gasteiger partial charge < -0.3 is 10.6 Å². The van der Waals surface area contributed by atoms with Gasteiger partial charge in [-0.15, -0.1) is 0 Å². The Kier molecular flexibility index (Phi) is 4.87. The molecule has 112 valence electrons. The maximum Gasteiger partial charge on any atom is 0.152 e. The second kappa shape index (κ2) is 6.08. The van der Waals surface area contributed by atoms with Crippen LogP contribution in [0.1, 0.15) is 25.7 Å². The second-order valence-electron chi connectivity index (χ2n) is 6.09. The molecule has 0 saturated carbocycles. The Balaban J connectivity index is 1.95. The van der Waals surface area contributed by atoms with Crippen molar-refractivity contribution in [2.75, 3.05) is 51.3 Å². The van der Waals surface area contributed by atoms with Gasteiger partial charge in [0.25, 0.3) is 0 Å². The average molecular weight is 289 g/mol. The molecule has 0 aliphatic carbocycles. The SMILES string of the molecule is CN(CCN1CCCC1)C1(CN)CCCS(=O)(=O)C1. The Morgan fingerprint density at radius 1 is 1.26 bits per heavy atom. The minimum absolute atomic E-state index is 0.229. The van der Waals surface area contributed by atoms with E-state index in [-0.39, 0.29) is 11.3 Å². The summed E-state index contributed by atoms with van der Waals surface area (Å²) in [6, 6.07) is 0. The molecule has 0 aromatic carbocycles. The van der Waals surface area contributed by atoms with Crippen LogP contribution in [0.15, 0.2) is 0 Å². The van der Waals surface area contributed by atoms with E-state index in [0.717, 1.165) is 25.9 Å². The monoisotopic (exact) mass is 289 g/mol. The maximum atomic E-state index is 11.9. The van der Waals surface area contributed by atoms with E-state index in [0.29, 0.717) is 12.3 Å². The Morgan fingerprint density at radius 2 is 1.95 bits per heavy atom. The number of likely N-dealkylation sites (N-methyl/N-ethyl adjacent to an activating group) is 1. The van der Waals surface area contributed by atoms with Gasteiger partial charge in [-0.2, -0.15) is 0 Å². The first-order valence-corrected chi connectivity index (χ1v) is 9.14. The Hall–Kier alpha value is -0.170. The van der Waals surface area contributed by atoms with Crippen molar-refractivity contribution >= 4 is 9.84 Å². The predicted molar refractivity (Wildman–Crippen MR) is 78.0 cm³/mol. The van der Waals surface area contributed by atoms with E-state index in [1.165, 1.54) is 25.9 Å². The molecule has 1 unspecified atom stereocenters. The van der Waals surface area contributed by atoms with Gasteiger partial charge in [-0.25, -0.2) is 8.42 Å². The Bertz CT molecular complexity index is 393. The fraction of sp³-hybridized carbons (Fsp3) is 1.00. The number of hydrogen-bond donors (Lipinski definition) is 1. The molecule has 2 fully saturated rings. The van der Waals surface area contributed by atoms with Crippen molar-refractivity contribution in [3.05, 3.63) is 0 Å². The van der Waals surface area contributed by atoms with Crippen LogP contribution in [0.4, 0.5) is 0 Å². The van der Waals surface area contributed by atoms with Crippen LogP contribution in [0.3, 0.4) is 0 Å². The van der Waals surface area contributed by atoms with E-state index in [4.69, 9.17) is 5.73 Å². The Morgan fingerprint density at radius 3 is 2.53 bits per heavy atom. The predicted octanol–water partition coefficient (Wildman–Crippen LogP) is -0.0799. The van der Waals surface area contributed by atoms with Crippen LogP contribution in [0, 0.1) is 0 Å². The molecule has 0 aromatic heterocycles. The highest BCUT2D eigenvalue weighted by molar-refractivity contribution is 7.91. The van der Waals surface area contributed by atoms with E-state index in [9.17, 15) is 8.42 Å². The highest BCUT2D eigenvalue weighted by Crippen LogP contribution is 2.27. The third-order valence-electron chi connectivity index (χ3n) is 4.73. The number of rotatable bonds is 5. The first kappa shape index (κ1) is 15.2. The first-order valence-electron chi connectivity index (χ1n) is 7.32. The zero-order chi connectivity index (χ0) is 13.9. The quantitative estimate of drug-likeness (QED) is 0.767. The van der Waals surface area contributed by atoms with E-state index in [2.05, 4.69) is 9.80 Å². The van der Waals surface area contributed by atoms with Crippen LogP contribution < -0.4 is 5.73 Å². The lowest BCUT2D eigenvalue weighted by Crippen LogP contribution is -2.59. The van der Waals surface area contributed by atoms with Gasteiger partial charge in [-0.3, -0.25) is 4.90 Å². The summed E-state index contributed by atoms with van der Waals surface area (Å²) in [5.41, 5.74) is 5.59. The standard InChI is InChI=1S/C13H27N3O2S/c1-15(8-9-16-6-2-3-7-16)13(11-14)5-4-10-19(17,18)12-13/h2-12,14H2,1H3. The molecular formula is C13H27N3O2S. The summed E-state index contributed by atoms with van der Waals surface area (Å²) in [4.78, 5) is 4.65. The maximum absolute atomic E-state index is 11.9. The fourth-order valence-corrected chi connectivity index (χ4v) is 5.36. The summed E-state index contributed by atoms with van der Waals surface area (Å²) in [5.74, 6) is 0.557. The number of likely N-dealkylation sites (tertiary alicyclic amines) is 1. The third kappa shape index (κ3) is 3.68. The summed E-state index contributed by atoms with van der Waals surface area (Å²) in [6.45, 7) is 4.73. The van der Waals surface area contributed by atoms with Crippen LogP contribution in [-0.2, 0) is 9.84 Å². The van der Waals surface area contributed by atoms with Crippen LogP contribution in [-0.4, -0.2) is 75.0 Å². The molecule has 0 aromatic rings. The van der Waals surface area contributed by atoms with Crippen molar-refractivity contribution in [1.29, 1.82) is 0 Å². The summed E-state index contributed by atoms with van der Waals surface area (Å²) >= 11 is 0. The molecular weight excluding hydrogens is 262 g/mol. The molecule has 5 nitrogen and oxygen atoms in total. The number of sulfone groups is 1. The van der Waals surface area contributed by atoms with Crippen molar-refractivity contribution < 1.29 is 8.42 Å². The molecule has 2 rings (SSSR count). The summed E-state index contributed by atoms with van der Waals surface area (Å²) in [5, 5.41) is 0. The molecule has 6 heteroatoms. The number of nitrogens with zero attached hydrogens (tertiary/aromatic N) is 2. The number of nitrogens with two attached hydrogens (primary N) is 1. The topological polar surface area (TPSA) is 66.6 Å². The zero-order valence-corrected chi connectivity index (χ0v) is 12.8. The van der Waals surface area contributed by atoms with Gasteiger partial charge in [0, 0.05) is 25.2 Å². The second-order valence-corrected chi connectivity index (χ2v) is 8.28. The molecule has 2 aliphatic rings. The van der Waals surface area contributed by atoms with Crippen LogP contribution in [0.2, 0.25) is 0 Å². The largest absolute Gasteiger partial charge is 0.329 e. The Labute approximate surface area is 117 Å². The van der Waals surface area contributed by atoms with Crippen molar-refractivity contribution in [2.45, 2.75) is 31.2 Å². The lowest BCUT2D eigenvalue weighted by molar-refractivity contribution is 0.117. The molecule has 0 spiro atoms. The molecule has 2 heterocycles. The normalized spacial score (nSPS) is 31.9. The molecule has 2 N–H and O–H groups in total. The number of hydrogen-bond acceptors (Lipinski definition) is 5. The molecule has 0 radical (unpaired) electrons. The zero-order valence-electron chi connectivity index (χ0n) is 12.0. The molecule has 19 heavy (non-hydrogen) atoms. The van der Waals surface area contributed by atoms with Crippen molar-refractivity contribution in [1.82, 2.24) is 9.80 Å². The van der Waals surface area contributed by atoms with Crippen LogP contribution >= 0.6 is 0 Å². The van der Waals surface area contributed by atoms with Crippen LogP contribution in [0.5, 0.6) is 0 Å². The minimum atomic E-state index is -2.92. The van der Waals surface area contributed by atoms with Crippen LogP contribution in [0.25, 0.3) is 0 Å². The fourth-order valence-electron chi connectivity index (χ4n) is 3.33. The van der Waals surface area contributed by atoms with E-state index in [1.54, 1.807) is 0 Å². The summed E-state index contributed by atoms with van der Waals surface area (Å²) < 4.78 is 23.8. The van der Waals surface area contributed by atoms with Gasteiger partial charge in [0.05, 0.1) is 11.5 Å². The lowest BCUT2D eigenvalue weighted by Gasteiger charge is -2.44. The van der Waals surface area contributed by atoms with Crippen molar-refractivity contribution in [3.8, 4) is 0 Å². The highest BCUT2D eigenvalue weighted by atomic mass is 32.2. The highest BCUT2D eigenvalue weighted by Gasteiger charge is 2.41. The lowest BCUT2D eigenvalue weighted by atomic mass is 9.93. The van der Waals surface area contributed by atoms with Gasteiger partial charge in [-0.05, 0) is 45.8 Å². The molecule has 2 saturated heterocycles. The molecule has 2 aliphatic heterocycles. The minimum Gasteiger partial charge on any atom is -0.329 e. The third-order valence-corrected chi connectivity index (χ3v) is 6.61. The molecule has 0 bridgehead atoms. The van der Waals surface area contributed by atoms with Gasteiger partial charge in [0.15, 0.2) is 9.84 Å². The average Bonchev–Trinajstić information content (AvgIpc) is 2.87. The van der Waals surface area contributed by atoms with Gasteiger partial charge in [0.1, 0.15) is 0 Å².